The highest BCUT2D eigenvalue weighted by Crippen LogP contribution is 2.28. The van der Waals surface area contributed by atoms with Gasteiger partial charge >= 0.3 is 0 Å². The highest BCUT2D eigenvalue weighted by atomic mass is 16.3. The van der Waals surface area contributed by atoms with E-state index in [1.807, 2.05) is 0 Å². The van der Waals surface area contributed by atoms with Crippen LogP contribution in [-0.4, -0.2) is 47.9 Å². The van der Waals surface area contributed by atoms with Gasteiger partial charge in [0, 0.05) is 24.5 Å². The van der Waals surface area contributed by atoms with Crippen LogP contribution in [-0.2, 0) is 4.79 Å². The standard InChI is InChI=1S/C15H16N4O3/c20-8-17-13-7-22-14-4-16-11(3-10(13)14)15(21)18-12-6-19-2-1-9(12)5-19/h3-4,7-9,12H,1-2,5-6H2,(H,17,20)(H,18,21)/t9-,12?/m0/s1. The summed E-state index contributed by atoms with van der Waals surface area (Å²) in [5, 5.41) is 6.29. The van der Waals surface area contributed by atoms with E-state index < -0.39 is 0 Å². The van der Waals surface area contributed by atoms with Crippen molar-refractivity contribution in [3.8, 4) is 0 Å². The van der Waals surface area contributed by atoms with Gasteiger partial charge < -0.3 is 20.0 Å². The van der Waals surface area contributed by atoms with Gasteiger partial charge in [0.15, 0.2) is 5.58 Å². The zero-order valence-electron chi connectivity index (χ0n) is 11.9. The van der Waals surface area contributed by atoms with Crippen LogP contribution in [0.1, 0.15) is 16.9 Å². The van der Waals surface area contributed by atoms with E-state index in [1.54, 1.807) is 6.07 Å². The highest BCUT2D eigenvalue weighted by molar-refractivity contribution is 6.00. The molecule has 22 heavy (non-hydrogen) atoms. The lowest BCUT2D eigenvalue weighted by atomic mass is 10.00. The fourth-order valence-electron chi connectivity index (χ4n) is 3.42. The van der Waals surface area contributed by atoms with Crippen LogP contribution in [0.5, 0.6) is 0 Å². The summed E-state index contributed by atoms with van der Waals surface area (Å²) < 4.78 is 5.29. The lowest BCUT2D eigenvalue weighted by Gasteiger charge is -2.22. The first-order valence-corrected chi connectivity index (χ1v) is 7.35. The molecule has 7 heteroatoms. The largest absolute Gasteiger partial charge is 0.460 e. The second-order valence-corrected chi connectivity index (χ2v) is 5.87. The van der Waals surface area contributed by atoms with Crippen molar-refractivity contribution < 1.29 is 14.0 Å². The molecule has 2 N–H and O–H groups in total. The van der Waals surface area contributed by atoms with Crippen LogP contribution < -0.4 is 10.6 Å². The Balaban J connectivity index is 1.56. The van der Waals surface area contributed by atoms with Gasteiger partial charge in [0.25, 0.3) is 5.91 Å². The van der Waals surface area contributed by atoms with Crippen molar-refractivity contribution in [2.75, 3.05) is 25.0 Å². The van der Waals surface area contributed by atoms with E-state index in [-0.39, 0.29) is 11.9 Å². The maximum absolute atomic E-state index is 12.4. The van der Waals surface area contributed by atoms with Gasteiger partial charge in [-0.05, 0) is 24.9 Å². The maximum Gasteiger partial charge on any atom is 0.270 e. The molecule has 4 rings (SSSR count). The third-order valence-electron chi connectivity index (χ3n) is 4.56. The number of hydrogen-bond donors (Lipinski definition) is 2. The fraction of sp³-hybridized carbons (Fsp3) is 0.400. The summed E-state index contributed by atoms with van der Waals surface area (Å²) >= 11 is 0. The molecule has 2 fully saturated rings. The molecule has 2 aromatic heterocycles. The molecule has 2 unspecified atom stereocenters. The number of fused-ring (bicyclic) bond motifs is 3. The van der Waals surface area contributed by atoms with E-state index in [1.165, 1.54) is 12.5 Å². The highest BCUT2D eigenvalue weighted by Gasteiger charge is 2.38. The summed E-state index contributed by atoms with van der Waals surface area (Å²) in [6.07, 6.45) is 4.66. The molecule has 2 aliphatic rings. The molecule has 0 spiro atoms. The Morgan fingerprint density at radius 3 is 3.09 bits per heavy atom. The lowest BCUT2D eigenvalue weighted by molar-refractivity contribution is -0.105. The summed E-state index contributed by atoms with van der Waals surface area (Å²) in [6.45, 7) is 3.13. The Kier molecular flexibility index (Phi) is 3.07. The fourth-order valence-corrected chi connectivity index (χ4v) is 3.42. The smallest absolute Gasteiger partial charge is 0.270 e. The molecular weight excluding hydrogens is 284 g/mol. The first kappa shape index (κ1) is 13.3. The molecule has 4 heterocycles. The van der Waals surface area contributed by atoms with Gasteiger partial charge in [-0.2, -0.15) is 0 Å². The van der Waals surface area contributed by atoms with E-state index in [0.717, 1.165) is 26.1 Å². The van der Waals surface area contributed by atoms with Crippen molar-refractivity contribution >= 4 is 29.0 Å². The third-order valence-corrected chi connectivity index (χ3v) is 4.56. The molecule has 2 aromatic rings. The van der Waals surface area contributed by atoms with Gasteiger partial charge in [0.05, 0.1) is 11.9 Å². The van der Waals surface area contributed by atoms with Crippen molar-refractivity contribution in [2.45, 2.75) is 12.5 Å². The van der Waals surface area contributed by atoms with E-state index >= 15 is 0 Å². The Hall–Kier alpha value is -2.41. The molecule has 0 radical (unpaired) electrons. The SMILES string of the molecule is O=CNc1coc2cnc(C(=O)NC3CN4CC[C@H]3C4)cc12. The minimum absolute atomic E-state index is 0.182. The predicted octanol–water partition coefficient (Wildman–Crippen LogP) is 0.830. The number of pyridine rings is 1. The molecule has 3 atom stereocenters. The van der Waals surface area contributed by atoms with Gasteiger partial charge in [0.1, 0.15) is 12.0 Å². The van der Waals surface area contributed by atoms with Crippen molar-refractivity contribution in [1.82, 2.24) is 15.2 Å². The zero-order chi connectivity index (χ0) is 15.1. The van der Waals surface area contributed by atoms with E-state index in [0.29, 0.717) is 34.7 Å². The number of aromatic nitrogens is 1. The number of rotatable bonds is 4. The van der Waals surface area contributed by atoms with Crippen LogP contribution >= 0.6 is 0 Å². The van der Waals surface area contributed by atoms with Crippen molar-refractivity contribution in [2.24, 2.45) is 5.92 Å². The molecule has 114 valence electrons. The molecule has 0 saturated carbocycles. The number of furan rings is 1. The Morgan fingerprint density at radius 2 is 2.36 bits per heavy atom. The van der Waals surface area contributed by atoms with Gasteiger partial charge in [-0.15, -0.1) is 0 Å². The summed E-state index contributed by atoms with van der Waals surface area (Å²) in [7, 11) is 0. The lowest BCUT2D eigenvalue weighted by Crippen LogP contribution is -2.43. The van der Waals surface area contributed by atoms with Gasteiger partial charge in [-0.3, -0.25) is 9.59 Å². The van der Waals surface area contributed by atoms with E-state index in [4.69, 9.17) is 4.42 Å². The number of nitrogens with zero attached hydrogens (tertiary/aromatic N) is 2. The van der Waals surface area contributed by atoms with Gasteiger partial charge in [-0.25, -0.2) is 4.98 Å². The molecule has 2 amide bonds. The first-order chi connectivity index (χ1) is 10.7. The third kappa shape index (κ3) is 2.14. The quantitative estimate of drug-likeness (QED) is 0.817. The predicted molar refractivity (Wildman–Crippen MR) is 79.5 cm³/mol. The first-order valence-electron chi connectivity index (χ1n) is 7.35. The molecular formula is C15H16N4O3. The minimum atomic E-state index is -0.182. The Labute approximate surface area is 126 Å². The molecule has 2 aliphatic heterocycles. The monoisotopic (exact) mass is 300 g/mol. The number of anilines is 1. The van der Waals surface area contributed by atoms with Crippen molar-refractivity contribution in [3.63, 3.8) is 0 Å². The number of amides is 2. The van der Waals surface area contributed by atoms with Crippen molar-refractivity contribution in [1.29, 1.82) is 0 Å². The topological polar surface area (TPSA) is 87.5 Å². The van der Waals surface area contributed by atoms with E-state index in [9.17, 15) is 9.59 Å². The summed E-state index contributed by atoms with van der Waals surface area (Å²) in [6, 6.07) is 1.85. The van der Waals surface area contributed by atoms with Crippen LogP contribution in [0.3, 0.4) is 0 Å². The van der Waals surface area contributed by atoms with Crippen LogP contribution in [0.2, 0.25) is 0 Å². The second-order valence-electron chi connectivity index (χ2n) is 5.87. The van der Waals surface area contributed by atoms with Crippen molar-refractivity contribution in [3.05, 3.63) is 24.2 Å². The zero-order valence-corrected chi connectivity index (χ0v) is 11.9. The summed E-state index contributed by atoms with van der Waals surface area (Å²) in [4.78, 5) is 29.5. The number of nitrogens with one attached hydrogen (secondary N) is 2. The average molecular weight is 300 g/mol. The molecule has 7 nitrogen and oxygen atoms in total. The summed E-state index contributed by atoms with van der Waals surface area (Å²) in [5.41, 5.74) is 1.40. The van der Waals surface area contributed by atoms with E-state index in [2.05, 4.69) is 20.5 Å². The number of carbonyl (C=O) groups excluding carboxylic acids is 2. The maximum atomic E-state index is 12.4. The number of piperidine rings is 1. The molecule has 0 aromatic carbocycles. The van der Waals surface area contributed by atoms with Crippen LogP contribution in [0.15, 0.2) is 22.9 Å². The number of carbonyl (C=O) groups is 2. The van der Waals surface area contributed by atoms with Gasteiger partial charge in [-0.1, -0.05) is 0 Å². The van der Waals surface area contributed by atoms with Crippen LogP contribution in [0.4, 0.5) is 5.69 Å². The second kappa shape index (κ2) is 5.10. The average Bonchev–Trinajstić information content (AvgIpc) is 3.23. The minimum Gasteiger partial charge on any atom is -0.460 e. The normalized spacial score (nSPS) is 26.3. The van der Waals surface area contributed by atoms with Crippen LogP contribution in [0, 0.1) is 5.92 Å². The molecule has 2 bridgehead atoms. The Morgan fingerprint density at radius 1 is 1.45 bits per heavy atom. The summed E-state index contributed by atoms with van der Waals surface area (Å²) in [5.74, 6) is 0.368. The molecule has 0 aliphatic carbocycles. The van der Waals surface area contributed by atoms with Crippen LogP contribution in [0.25, 0.3) is 11.0 Å². The number of hydrogen-bond acceptors (Lipinski definition) is 5. The molecule has 2 saturated heterocycles. The van der Waals surface area contributed by atoms with Gasteiger partial charge in [0.2, 0.25) is 6.41 Å². The Bertz CT molecular complexity index is 741.